The maximum atomic E-state index is 6.02. The summed E-state index contributed by atoms with van der Waals surface area (Å²) in [5.74, 6) is 0. The van der Waals surface area contributed by atoms with Crippen LogP contribution in [-0.4, -0.2) is 11.5 Å². The van der Waals surface area contributed by atoms with Gasteiger partial charge in [-0.2, -0.15) is 0 Å². The van der Waals surface area contributed by atoms with Gasteiger partial charge in [0.2, 0.25) is 0 Å². The van der Waals surface area contributed by atoms with Crippen molar-refractivity contribution in [2.24, 2.45) is 5.73 Å². The number of hydrogen-bond acceptors (Lipinski definition) is 1. The van der Waals surface area contributed by atoms with Gasteiger partial charge in [-0.05, 0) is 31.2 Å². The highest BCUT2D eigenvalue weighted by molar-refractivity contribution is 6.35. The predicted molar refractivity (Wildman–Crippen MR) is 56.1 cm³/mol. The third kappa shape index (κ3) is 1.55. The van der Waals surface area contributed by atoms with Crippen molar-refractivity contribution in [3.05, 3.63) is 35.0 Å². The summed E-state index contributed by atoms with van der Waals surface area (Å²) in [7, 11) is 0. The molecule has 0 radical (unpaired) electrons. The van der Waals surface area contributed by atoms with E-state index in [1.807, 2.05) is 18.2 Å². The van der Waals surface area contributed by atoms with Crippen LogP contribution in [0.15, 0.2) is 24.3 Å². The van der Waals surface area contributed by atoms with Crippen LogP contribution in [0.5, 0.6) is 0 Å². The van der Waals surface area contributed by atoms with E-state index >= 15 is 0 Å². The van der Waals surface area contributed by atoms with Crippen LogP contribution < -0.4 is 5.73 Å². The molecule has 1 heterocycles. The summed E-state index contributed by atoms with van der Waals surface area (Å²) in [4.78, 5) is 3.27. The molecule has 2 nitrogen and oxygen atoms in total. The molecule has 0 spiro atoms. The lowest BCUT2D eigenvalue weighted by Crippen LogP contribution is -2.02. The fourth-order valence-electron chi connectivity index (χ4n) is 1.47. The average molecular weight is 195 g/mol. The largest absolute Gasteiger partial charge is 0.358 e. The zero-order valence-electron chi connectivity index (χ0n) is 7.18. The van der Waals surface area contributed by atoms with Gasteiger partial charge in [-0.25, -0.2) is 0 Å². The van der Waals surface area contributed by atoms with Gasteiger partial charge in [0, 0.05) is 21.6 Å². The summed E-state index contributed by atoms with van der Waals surface area (Å²) in [5, 5.41) is 1.87. The Morgan fingerprint density at radius 2 is 2.23 bits per heavy atom. The Labute approximate surface area is 81.7 Å². The standard InChI is InChI=1S/C10H11ClN2/c11-9-2-1-3-10-8(9)6-7(13-10)4-5-12/h1-3,6,13H,4-5,12H2. The maximum absolute atomic E-state index is 6.02. The molecule has 1 aromatic carbocycles. The van der Waals surface area contributed by atoms with Crippen molar-refractivity contribution in [1.82, 2.24) is 4.98 Å². The number of nitrogens with one attached hydrogen (secondary N) is 1. The molecule has 0 saturated carbocycles. The summed E-state index contributed by atoms with van der Waals surface area (Å²) in [6, 6.07) is 7.91. The fraction of sp³-hybridized carbons (Fsp3) is 0.200. The minimum atomic E-state index is 0.657. The Morgan fingerprint density at radius 3 is 2.92 bits per heavy atom. The Bertz CT molecular complexity index is 420. The molecule has 0 amide bonds. The van der Waals surface area contributed by atoms with E-state index in [1.165, 1.54) is 0 Å². The van der Waals surface area contributed by atoms with Crippen molar-refractivity contribution >= 4 is 22.5 Å². The molecule has 0 bridgehead atoms. The first kappa shape index (κ1) is 8.60. The monoisotopic (exact) mass is 194 g/mol. The molecule has 68 valence electrons. The molecule has 0 aliphatic rings. The molecule has 0 saturated heterocycles. The van der Waals surface area contributed by atoms with Crippen LogP contribution in [0.1, 0.15) is 5.69 Å². The van der Waals surface area contributed by atoms with E-state index in [9.17, 15) is 0 Å². The van der Waals surface area contributed by atoms with E-state index in [2.05, 4.69) is 11.1 Å². The van der Waals surface area contributed by atoms with Gasteiger partial charge in [0.05, 0.1) is 0 Å². The van der Waals surface area contributed by atoms with Crippen molar-refractivity contribution in [3.63, 3.8) is 0 Å². The number of nitrogens with two attached hydrogens (primary N) is 1. The summed E-state index contributed by atoms with van der Waals surface area (Å²) in [6.45, 7) is 0.657. The number of benzene rings is 1. The minimum absolute atomic E-state index is 0.657. The number of fused-ring (bicyclic) bond motifs is 1. The average Bonchev–Trinajstić information content (AvgIpc) is 2.49. The Morgan fingerprint density at radius 1 is 1.38 bits per heavy atom. The van der Waals surface area contributed by atoms with E-state index in [-0.39, 0.29) is 0 Å². The minimum Gasteiger partial charge on any atom is -0.358 e. The Hall–Kier alpha value is -0.990. The second kappa shape index (κ2) is 3.40. The van der Waals surface area contributed by atoms with Crippen molar-refractivity contribution in [3.8, 4) is 0 Å². The smallest absolute Gasteiger partial charge is 0.0499 e. The van der Waals surface area contributed by atoms with Crippen molar-refractivity contribution in [2.75, 3.05) is 6.54 Å². The number of aromatic amines is 1. The SMILES string of the molecule is NCCc1cc2c(Cl)cccc2[nH]1. The van der Waals surface area contributed by atoms with Gasteiger partial charge >= 0.3 is 0 Å². The topological polar surface area (TPSA) is 41.8 Å². The first-order valence-corrected chi connectivity index (χ1v) is 4.65. The number of rotatable bonds is 2. The molecule has 0 aliphatic carbocycles. The molecule has 0 aliphatic heterocycles. The van der Waals surface area contributed by atoms with Gasteiger partial charge < -0.3 is 10.7 Å². The van der Waals surface area contributed by atoms with Gasteiger partial charge in [-0.3, -0.25) is 0 Å². The van der Waals surface area contributed by atoms with Crippen LogP contribution in [0.2, 0.25) is 5.02 Å². The van der Waals surface area contributed by atoms with E-state index in [0.717, 1.165) is 28.0 Å². The zero-order chi connectivity index (χ0) is 9.26. The first-order valence-electron chi connectivity index (χ1n) is 4.27. The van der Waals surface area contributed by atoms with E-state index in [1.54, 1.807) is 0 Å². The molecule has 1 aromatic heterocycles. The maximum Gasteiger partial charge on any atom is 0.0499 e. The third-order valence-corrected chi connectivity index (χ3v) is 2.41. The molecular formula is C10H11ClN2. The molecule has 3 heteroatoms. The lowest BCUT2D eigenvalue weighted by Gasteiger charge is -1.90. The second-order valence-electron chi connectivity index (χ2n) is 3.03. The second-order valence-corrected chi connectivity index (χ2v) is 3.44. The van der Waals surface area contributed by atoms with Gasteiger partial charge in [0.1, 0.15) is 0 Å². The highest BCUT2D eigenvalue weighted by atomic mass is 35.5. The van der Waals surface area contributed by atoms with Crippen LogP contribution in [0.25, 0.3) is 10.9 Å². The lowest BCUT2D eigenvalue weighted by molar-refractivity contribution is 0.940. The van der Waals surface area contributed by atoms with Crippen molar-refractivity contribution < 1.29 is 0 Å². The number of H-pyrrole nitrogens is 1. The van der Waals surface area contributed by atoms with E-state index in [0.29, 0.717) is 6.54 Å². The Kier molecular flexibility index (Phi) is 2.25. The molecule has 13 heavy (non-hydrogen) atoms. The summed E-state index contributed by atoms with van der Waals surface area (Å²) in [6.07, 6.45) is 0.866. The molecule has 0 unspecified atom stereocenters. The van der Waals surface area contributed by atoms with Crippen LogP contribution >= 0.6 is 11.6 Å². The molecule has 0 atom stereocenters. The quantitative estimate of drug-likeness (QED) is 0.757. The number of halogens is 1. The molecule has 2 rings (SSSR count). The van der Waals surface area contributed by atoms with Gasteiger partial charge in [0.25, 0.3) is 0 Å². The van der Waals surface area contributed by atoms with Gasteiger partial charge in [-0.1, -0.05) is 17.7 Å². The normalized spacial score (nSPS) is 10.9. The molecule has 0 fully saturated rings. The number of hydrogen-bond donors (Lipinski definition) is 2. The van der Waals surface area contributed by atoms with E-state index < -0.39 is 0 Å². The Balaban J connectivity index is 2.55. The van der Waals surface area contributed by atoms with E-state index in [4.69, 9.17) is 17.3 Å². The fourth-order valence-corrected chi connectivity index (χ4v) is 1.70. The highest BCUT2D eigenvalue weighted by Crippen LogP contribution is 2.23. The van der Waals surface area contributed by atoms with Gasteiger partial charge in [-0.15, -0.1) is 0 Å². The van der Waals surface area contributed by atoms with Crippen LogP contribution in [-0.2, 0) is 6.42 Å². The zero-order valence-corrected chi connectivity index (χ0v) is 7.93. The lowest BCUT2D eigenvalue weighted by atomic mass is 10.2. The van der Waals surface area contributed by atoms with Crippen molar-refractivity contribution in [1.29, 1.82) is 0 Å². The number of aromatic nitrogens is 1. The first-order chi connectivity index (χ1) is 6.31. The van der Waals surface area contributed by atoms with Crippen LogP contribution in [0.3, 0.4) is 0 Å². The summed E-state index contributed by atoms with van der Waals surface area (Å²) >= 11 is 6.02. The summed E-state index contributed by atoms with van der Waals surface area (Å²) in [5.41, 5.74) is 7.69. The molecule has 2 aromatic rings. The molecular weight excluding hydrogens is 184 g/mol. The van der Waals surface area contributed by atoms with Gasteiger partial charge in [0.15, 0.2) is 0 Å². The summed E-state index contributed by atoms with van der Waals surface area (Å²) < 4.78 is 0. The predicted octanol–water partition coefficient (Wildman–Crippen LogP) is 2.32. The highest BCUT2D eigenvalue weighted by Gasteiger charge is 2.02. The van der Waals surface area contributed by atoms with Crippen LogP contribution in [0, 0.1) is 0 Å². The van der Waals surface area contributed by atoms with Crippen molar-refractivity contribution in [2.45, 2.75) is 6.42 Å². The third-order valence-electron chi connectivity index (χ3n) is 2.08. The molecule has 3 N–H and O–H groups in total. The van der Waals surface area contributed by atoms with Crippen LogP contribution in [0.4, 0.5) is 0 Å².